The number of hydrogen-bond acceptors (Lipinski definition) is 2. The van der Waals surface area contributed by atoms with Gasteiger partial charge in [-0.25, -0.2) is 0 Å². The van der Waals surface area contributed by atoms with Crippen LogP contribution in [-0.2, 0) is 0 Å². The minimum atomic E-state index is 0.877. The number of rotatable bonds is 8. The van der Waals surface area contributed by atoms with Crippen molar-refractivity contribution in [2.24, 2.45) is 0 Å². The summed E-state index contributed by atoms with van der Waals surface area (Å²) in [6, 6.07) is 87.1. The van der Waals surface area contributed by atoms with E-state index in [0.717, 1.165) is 78.1 Å². The Hall–Kier alpha value is -8.40. The molecule has 3 nitrogen and oxygen atoms in total. The number of fused-ring (bicyclic) bond motifs is 6. The molecule has 3 heteroatoms. The predicted octanol–water partition coefficient (Wildman–Crippen LogP) is 16.8. The number of nitrogens with zero attached hydrogens (tertiary/aromatic N) is 2. The van der Waals surface area contributed by atoms with Gasteiger partial charge in [-0.3, -0.25) is 0 Å². The smallest absolute Gasteiger partial charge is 0.136 e. The van der Waals surface area contributed by atoms with Gasteiger partial charge in [0, 0.05) is 44.0 Å². The summed E-state index contributed by atoms with van der Waals surface area (Å²) < 4.78 is 8.78. The van der Waals surface area contributed by atoms with Crippen molar-refractivity contribution >= 4 is 60.8 Å². The molecule has 0 aliphatic carbocycles. The monoisotopic (exact) mass is 804 g/mol. The van der Waals surface area contributed by atoms with Crippen molar-refractivity contribution in [3.63, 3.8) is 0 Å². The standard InChI is InChI=1S/C60H40N2O/c1-2-15-41(16-3-1)42-29-31-45(32-30-42)48-17-4-9-23-54(48)61(57-26-12-7-20-51(57)52-22-14-28-59-60(52)53-21-8-13-27-58(53)63-59)46-37-33-43(34-38-46)44-35-39-47(40-36-44)62-55-24-10-5-18-49(55)50-19-6-11-25-56(50)62/h1-40H. The number of furan rings is 1. The quantitative estimate of drug-likeness (QED) is 0.153. The van der Waals surface area contributed by atoms with Crippen LogP contribution < -0.4 is 4.90 Å². The molecule has 0 atom stereocenters. The lowest BCUT2D eigenvalue weighted by Crippen LogP contribution is -2.12. The highest BCUT2D eigenvalue weighted by Crippen LogP contribution is 2.47. The van der Waals surface area contributed by atoms with Gasteiger partial charge in [-0.15, -0.1) is 0 Å². The SMILES string of the molecule is c1ccc(-c2ccc(-c3ccccc3N(c3ccc(-c4ccc(-n5c6ccccc6c6ccccc65)cc4)cc3)c3ccccc3-c3cccc4oc5ccccc5c34)cc2)cc1. The molecule has 296 valence electrons. The van der Waals surface area contributed by atoms with Crippen LogP contribution in [0.5, 0.6) is 0 Å². The molecular weight excluding hydrogens is 765 g/mol. The zero-order chi connectivity index (χ0) is 41.7. The summed E-state index contributed by atoms with van der Waals surface area (Å²) in [6.45, 7) is 0. The summed E-state index contributed by atoms with van der Waals surface area (Å²) in [7, 11) is 0. The lowest BCUT2D eigenvalue weighted by molar-refractivity contribution is 0.669. The van der Waals surface area contributed by atoms with E-state index < -0.39 is 0 Å². The van der Waals surface area contributed by atoms with Gasteiger partial charge >= 0.3 is 0 Å². The van der Waals surface area contributed by atoms with E-state index in [0.29, 0.717) is 0 Å². The molecule has 0 unspecified atom stereocenters. The summed E-state index contributed by atoms with van der Waals surface area (Å²) in [5.74, 6) is 0. The molecule has 0 fully saturated rings. The average molecular weight is 805 g/mol. The van der Waals surface area contributed by atoms with Crippen molar-refractivity contribution in [3.05, 3.63) is 243 Å². The normalized spacial score (nSPS) is 11.5. The van der Waals surface area contributed by atoms with Crippen LogP contribution in [0.4, 0.5) is 17.1 Å². The summed E-state index contributed by atoms with van der Waals surface area (Å²) in [6.07, 6.45) is 0. The molecule has 0 radical (unpaired) electrons. The van der Waals surface area contributed by atoms with Crippen molar-refractivity contribution in [2.75, 3.05) is 4.90 Å². The zero-order valence-corrected chi connectivity index (χ0v) is 34.4. The second-order valence-electron chi connectivity index (χ2n) is 16.1. The Morgan fingerprint density at radius 3 is 1.44 bits per heavy atom. The third-order valence-electron chi connectivity index (χ3n) is 12.5. The Morgan fingerprint density at radius 2 is 0.762 bits per heavy atom. The molecule has 63 heavy (non-hydrogen) atoms. The first kappa shape index (κ1) is 36.5. The first-order valence-electron chi connectivity index (χ1n) is 21.5. The topological polar surface area (TPSA) is 21.3 Å². The van der Waals surface area contributed by atoms with E-state index in [1.54, 1.807) is 0 Å². The molecule has 0 aliphatic rings. The van der Waals surface area contributed by atoms with E-state index in [1.165, 1.54) is 32.9 Å². The molecule has 0 saturated carbocycles. The molecule has 0 N–H and O–H groups in total. The number of aromatic nitrogens is 1. The van der Waals surface area contributed by atoms with Gasteiger partial charge in [0.15, 0.2) is 0 Å². The zero-order valence-electron chi connectivity index (χ0n) is 34.4. The van der Waals surface area contributed by atoms with Crippen LogP contribution in [0.25, 0.3) is 93.9 Å². The number of anilines is 3. The Balaban J connectivity index is 0.985. The van der Waals surface area contributed by atoms with E-state index in [9.17, 15) is 0 Å². The summed E-state index contributed by atoms with van der Waals surface area (Å²) in [5, 5.41) is 4.75. The highest BCUT2D eigenvalue weighted by Gasteiger charge is 2.23. The Labute approximate surface area is 366 Å². The maximum atomic E-state index is 6.41. The van der Waals surface area contributed by atoms with Gasteiger partial charge < -0.3 is 13.9 Å². The van der Waals surface area contributed by atoms with Crippen LogP contribution in [0.2, 0.25) is 0 Å². The van der Waals surface area contributed by atoms with Gasteiger partial charge in [0.2, 0.25) is 0 Å². The molecule has 2 aromatic heterocycles. The van der Waals surface area contributed by atoms with Crippen LogP contribution in [0.15, 0.2) is 247 Å². The minimum absolute atomic E-state index is 0.877. The fraction of sp³-hybridized carbons (Fsp3) is 0. The number of benzene rings is 10. The van der Waals surface area contributed by atoms with Gasteiger partial charge in [-0.05, 0) is 94.0 Å². The predicted molar refractivity (Wildman–Crippen MR) is 264 cm³/mol. The van der Waals surface area contributed by atoms with Crippen molar-refractivity contribution in [2.45, 2.75) is 0 Å². The molecule has 0 spiro atoms. The Kier molecular flexibility index (Phi) is 8.83. The third-order valence-corrected chi connectivity index (χ3v) is 12.5. The van der Waals surface area contributed by atoms with Crippen LogP contribution in [-0.4, -0.2) is 4.57 Å². The van der Waals surface area contributed by atoms with Crippen molar-refractivity contribution in [3.8, 4) is 50.2 Å². The lowest BCUT2D eigenvalue weighted by Gasteiger charge is -2.30. The number of hydrogen-bond donors (Lipinski definition) is 0. The van der Waals surface area contributed by atoms with Gasteiger partial charge in [0.25, 0.3) is 0 Å². The van der Waals surface area contributed by atoms with E-state index in [-0.39, 0.29) is 0 Å². The van der Waals surface area contributed by atoms with Crippen molar-refractivity contribution in [1.29, 1.82) is 0 Å². The van der Waals surface area contributed by atoms with Crippen LogP contribution in [0.1, 0.15) is 0 Å². The molecule has 12 aromatic rings. The fourth-order valence-electron chi connectivity index (χ4n) is 9.50. The molecule has 0 aliphatic heterocycles. The average Bonchev–Trinajstić information content (AvgIpc) is 3.91. The maximum Gasteiger partial charge on any atom is 0.136 e. The molecule has 0 bridgehead atoms. The third kappa shape index (κ3) is 6.29. The van der Waals surface area contributed by atoms with Crippen LogP contribution in [0.3, 0.4) is 0 Å². The van der Waals surface area contributed by atoms with Crippen LogP contribution in [0, 0.1) is 0 Å². The van der Waals surface area contributed by atoms with Crippen LogP contribution >= 0.6 is 0 Å². The van der Waals surface area contributed by atoms with Gasteiger partial charge in [-0.1, -0.05) is 182 Å². The summed E-state index contributed by atoms with van der Waals surface area (Å²) >= 11 is 0. The van der Waals surface area contributed by atoms with E-state index in [1.807, 2.05) is 6.07 Å². The first-order valence-corrected chi connectivity index (χ1v) is 21.5. The highest BCUT2D eigenvalue weighted by atomic mass is 16.3. The summed E-state index contributed by atoms with van der Waals surface area (Å²) in [4.78, 5) is 2.42. The lowest BCUT2D eigenvalue weighted by atomic mass is 9.95. The van der Waals surface area contributed by atoms with E-state index in [2.05, 4.69) is 246 Å². The van der Waals surface area contributed by atoms with Gasteiger partial charge in [0.1, 0.15) is 11.2 Å². The first-order chi connectivity index (χ1) is 31.3. The van der Waals surface area contributed by atoms with Gasteiger partial charge in [0.05, 0.1) is 22.4 Å². The van der Waals surface area contributed by atoms with E-state index >= 15 is 0 Å². The fourth-order valence-corrected chi connectivity index (χ4v) is 9.50. The Morgan fingerprint density at radius 1 is 0.302 bits per heavy atom. The summed E-state index contributed by atoms with van der Waals surface area (Å²) in [5.41, 5.74) is 17.8. The highest BCUT2D eigenvalue weighted by molar-refractivity contribution is 6.14. The molecule has 0 amide bonds. The largest absolute Gasteiger partial charge is 0.456 e. The van der Waals surface area contributed by atoms with Crippen molar-refractivity contribution in [1.82, 2.24) is 4.57 Å². The number of para-hydroxylation sites is 5. The molecule has 10 aromatic carbocycles. The minimum Gasteiger partial charge on any atom is -0.456 e. The molecule has 2 heterocycles. The second kappa shape index (κ2) is 15.3. The maximum absolute atomic E-state index is 6.41. The molecule has 0 saturated heterocycles. The van der Waals surface area contributed by atoms with Gasteiger partial charge in [-0.2, -0.15) is 0 Å². The second-order valence-corrected chi connectivity index (χ2v) is 16.1. The van der Waals surface area contributed by atoms with Crippen molar-refractivity contribution < 1.29 is 4.42 Å². The molecular formula is C60H40N2O. The van der Waals surface area contributed by atoms with E-state index in [4.69, 9.17) is 4.42 Å². The Bertz CT molecular complexity index is 3550. The molecule has 12 rings (SSSR count).